The van der Waals surface area contributed by atoms with Gasteiger partial charge in [-0.3, -0.25) is 4.79 Å². The minimum absolute atomic E-state index is 0.128. The third-order valence-electron chi connectivity index (χ3n) is 3.38. The Kier molecular flexibility index (Phi) is 4.12. The maximum absolute atomic E-state index is 12.0. The number of nitrogens with zero attached hydrogens (tertiary/aromatic N) is 2. The van der Waals surface area contributed by atoms with Gasteiger partial charge in [-0.05, 0) is 24.3 Å². The Balaban J connectivity index is 1.65. The van der Waals surface area contributed by atoms with Crippen molar-refractivity contribution in [3.8, 4) is 0 Å². The van der Waals surface area contributed by atoms with E-state index in [2.05, 4.69) is 15.2 Å². The summed E-state index contributed by atoms with van der Waals surface area (Å²) in [6.07, 6.45) is 1.69. The zero-order valence-electron chi connectivity index (χ0n) is 11.7. The molecule has 3 rings (SSSR count). The molecule has 1 aromatic heterocycles. The molecule has 1 fully saturated rings. The van der Waals surface area contributed by atoms with E-state index in [0.29, 0.717) is 11.3 Å². The Morgan fingerprint density at radius 3 is 2.52 bits per heavy atom. The van der Waals surface area contributed by atoms with Crippen molar-refractivity contribution >= 4 is 17.4 Å². The first kappa shape index (κ1) is 13.6. The van der Waals surface area contributed by atoms with Gasteiger partial charge in [-0.25, -0.2) is 4.98 Å². The minimum Gasteiger partial charge on any atom is -0.378 e. The highest BCUT2D eigenvalue weighted by Gasteiger charge is 2.12. The second-order valence-corrected chi connectivity index (χ2v) is 4.82. The summed E-state index contributed by atoms with van der Waals surface area (Å²) in [5, 5.41) is 2.84. The molecular weight excluding hydrogens is 266 g/mol. The van der Waals surface area contributed by atoms with E-state index in [1.165, 1.54) is 0 Å². The van der Waals surface area contributed by atoms with Gasteiger partial charge in [0, 0.05) is 18.7 Å². The van der Waals surface area contributed by atoms with Crippen LogP contribution < -0.4 is 10.2 Å². The van der Waals surface area contributed by atoms with Crippen molar-refractivity contribution in [3.05, 3.63) is 54.2 Å². The van der Waals surface area contributed by atoms with E-state index in [-0.39, 0.29) is 5.91 Å². The molecule has 1 saturated heterocycles. The molecule has 0 saturated carbocycles. The van der Waals surface area contributed by atoms with E-state index in [0.717, 1.165) is 32.1 Å². The van der Waals surface area contributed by atoms with Gasteiger partial charge in [0.25, 0.3) is 5.91 Å². The number of carbonyl (C=O) groups is 1. The number of hydrogen-bond acceptors (Lipinski definition) is 4. The van der Waals surface area contributed by atoms with Crippen molar-refractivity contribution in [3.63, 3.8) is 0 Å². The van der Waals surface area contributed by atoms with Crippen LogP contribution >= 0.6 is 0 Å². The molecule has 0 aliphatic carbocycles. The third kappa shape index (κ3) is 3.38. The lowest BCUT2D eigenvalue weighted by Gasteiger charge is -2.27. The molecule has 2 aromatic rings. The molecule has 5 heteroatoms. The zero-order chi connectivity index (χ0) is 14.5. The molecule has 1 aromatic carbocycles. The summed E-state index contributed by atoms with van der Waals surface area (Å²) in [4.78, 5) is 18.6. The van der Waals surface area contributed by atoms with E-state index in [1.807, 2.05) is 30.3 Å². The number of amides is 1. The number of morpholine rings is 1. The van der Waals surface area contributed by atoms with Crippen LogP contribution in [0.4, 0.5) is 11.5 Å². The Hall–Kier alpha value is -2.40. The quantitative estimate of drug-likeness (QED) is 0.938. The summed E-state index contributed by atoms with van der Waals surface area (Å²) in [5.41, 5.74) is 1.33. The maximum Gasteiger partial charge on any atom is 0.255 e. The highest BCUT2D eigenvalue weighted by molar-refractivity contribution is 6.04. The van der Waals surface area contributed by atoms with Crippen LogP contribution in [-0.2, 0) is 4.74 Å². The molecule has 2 heterocycles. The SMILES string of the molecule is O=C(Nc1ccc(N2CCOCC2)nc1)c1ccccc1. The second-order valence-electron chi connectivity index (χ2n) is 4.82. The fraction of sp³-hybridized carbons (Fsp3) is 0.250. The summed E-state index contributed by atoms with van der Waals surface area (Å²) in [6.45, 7) is 3.16. The first-order chi connectivity index (χ1) is 10.3. The highest BCUT2D eigenvalue weighted by Crippen LogP contribution is 2.16. The average molecular weight is 283 g/mol. The molecule has 1 amide bonds. The van der Waals surface area contributed by atoms with Crippen molar-refractivity contribution in [2.45, 2.75) is 0 Å². The Morgan fingerprint density at radius 1 is 1.10 bits per heavy atom. The minimum atomic E-state index is -0.128. The van der Waals surface area contributed by atoms with Crippen molar-refractivity contribution in [1.29, 1.82) is 0 Å². The molecule has 0 spiro atoms. The van der Waals surface area contributed by atoms with Gasteiger partial charge < -0.3 is 15.0 Å². The van der Waals surface area contributed by atoms with Crippen molar-refractivity contribution in [2.24, 2.45) is 0 Å². The molecule has 1 aliphatic rings. The topological polar surface area (TPSA) is 54.5 Å². The molecule has 0 unspecified atom stereocenters. The molecule has 0 bridgehead atoms. The van der Waals surface area contributed by atoms with Gasteiger partial charge in [0.15, 0.2) is 0 Å². The zero-order valence-corrected chi connectivity index (χ0v) is 11.7. The Bertz CT molecular complexity index is 593. The van der Waals surface area contributed by atoms with Crippen LogP contribution in [0.15, 0.2) is 48.7 Å². The normalized spacial score (nSPS) is 14.8. The van der Waals surface area contributed by atoms with Crippen LogP contribution in [-0.4, -0.2) is 37.2 Å². The molecule has 1 aliphatic heterocycles. The molecule has 0 radical (unpaired) electrons. The van der Waals surface area contributed by atoms with Crippen LogP contribution in [0.1, 0.15) is 10.4 Å². The number of nitrogens with one attached hydrogen (secondary N) is 1. The summed E-state index contributed by atoms with van der Waals surface area (Å²) in [5.74, 6) is 0.785. The van der Waals surface area contributed by atoms with Crippen LogP contribution in [0.2, 0.25) is 0 Å². The molecule has 1 N–H and O–H groups in total. The molecular formula is C16H17N3O2. The van der Waals surface area contributed by atoms with Gasteiger partial charge in [0.2, 0.25) is 0 Å². The van der Waals surface area contributed by atoms with Crippen molar-refractivity contribution in [1.82, 2.24) is 4.98 Å². The fourth-order valence-corrected chi connectivity index (χ4v) is 2.23. The average Bonchev–Trinajstić information content (AvgIpc) is 2.57. The highest BCUT2D eigenvalue weighted by atomic mass is 16.5. The van der Waals surface area contributed by atoms with E-state index >= 15 is 0 Å². The number of pyridine rings is 1. The smallest absolute Gasteiger partial charge is 0.255 e. The van der Waals surface area contributed by atoms with Crippen molar-refractivity contribution in [2.75, 3.05) is 36.5 Å². The van der Waals surface area contributed by atoms with E-state index in [9.17, 15) is 4.79 Å². The third-order valence-corrected chi connectivity index (χ3v) is 3.38. The molecule has 21 heavy (non-hydrogen) atoms. The largest absolute Gasteiger partial charge is 0.378 e. The van der Waals surface area contributed by atoms with Gasteiger partial charge >= 0.3 is 0 Å². The number of aromatic nitrogens is 1. The number of anilines is 2. The van der Waals surface area contributed by atoms with Crippen molar-refractivity contribution < 1.29 is 9.53 Å². The molecule has 108 valence electrons. The van der Waals surface area contributed by atoms with Crippen LogP contribution in [0, 0.1) is 0 Å². The van der Waals surface area contributed by atoms with Gasteiger partial charge in [-0.1, -0.05) is 18.2 Å². The standard InChI is InChI=1S/C16H17N3O2/c20-16(13-4-2-1-3-5-13)18-14-6-7-15(17-12-14)19-8-10-21-11-9-19/h1-7,12H,8-11H2,(H,18,20). The number of rotatable bonds is 3. The molecule has 5 nitrogen and oxygen atoms in total. The van der Waals surface area contributed by atoms with Gasteiger partial charge in [-0.15, -0.1) is 0 Å². The van der Waals surface area contributed by atoms with Crippen LogP contribution in [0.3, 0.4) is 0 Å². The van der Waals surface area contributed by atoms with E-state index in [4.69, 9.17) is 4.74 Å². The first-order valence-electron chi connectivity index (χ1n) is 6.98. The number of ether oxygens (including phenoxy) is 1. The lowest BCUT2D eigenvalue weighted by molar-refractivity contribution is 0.102. The van der Waals surface area contributed by atoms with Gasteiger partial charge in [0.05, 0.1) is 25.1 Å². The predicted molar refractivity (Wildman–Crippen MR) is 81.7 cm³/mol. The Morgan fingerprint density at radius 2 is 1.86 bits per heavy atom. The number of benzene rings is 1. The van der Waals surface area contributed by atoms with Gasteiger partial charge in [-0.2, -0.15) is 0 Å². The summed E-state index contributed by atoms with van der Waals surface area (Å²) in [7, 11) is 0. The van der Waals surface area contributed by atoms with Crippen LogP contribution in [0.5, 0.6) is 0 Å². The lowest BCUT2D eigenvalue weighted by atomic mass is 10.2. The summed E-state index contributed by atoms with van der Waals surface area (Å²) >= 11 is 0. The second kappa shape index (κ2) is 6.37. The lowest BCUT2D eigenvalue weighted by Crippen LogP contribution is -2.36. The van der Waals surface area contributed by atoms with E-state index in [1.54, 1.807) is 18.3 Å². The number of hydrogen-bond donors (Lipinski definition) is 1. The summed E-state index contributed by atoms with van der Waals surface area (Å²) < 4.78 is 5.32. The predicted octanol–water partition coefficient (Wildman–Crippen LogP) is 2.17. The number of carbonyl (C=O) groups excluding carboxylic acids is 1. The fourth-order valence-electron chi connectivity index (χ4n) is 2.23. The van der Waals surface area contributed by atoms with Gasteiger partial charge in [0.1, 0.15) is 5.82 Å². The first-order valence-corrected chi connectivity index (χ1v) is 6.98. The van der Waals surface area contributed by atoms with Crippen LogP contribution in [0.25, 0.3) is 0 Å². The van der Waals surface area contributed by atoms with E-state index < -0.39 is 0 Å². The summed E-state index contributed by atoms with van der Waals surface area (Å²) in [6, 6.07) is 12.9. The molecule has 0 atom stereocenters. The monoisotopic (exact) mass is 283 g/mol. The maximum atomic E-state index is 12.0. The Labute approximate surface area is 123 Å².